The van der Waals surface area contributed by atoms with E-state index in [4.69, 9.17) is 4.98 Å². The number of hydrogen-bond acceptors (Lipinski definition) is 5. The maximum Gasteiger partial charge on any atom is 0.192 e. The summed E-state index contributed by atoms with van der Waals surface area (Å²) in [5.41, 5.74) is 5.76. The zero-order chi connectivity index (χ0) is 20.2. The average Bonchev–Trinajstić information content (AvgIpc) is 3.35. The Kier molecular flexibility index (Phi) is 5.92. The van der Waals surface area contributed by atoms with Gasteiger partial charge in [-0.15, -0.1) is 28.1 Å². The average molecular weight is 419 g/mol. The van der Waals surface area contributed by atoms with Crippen LogP contribution in [-0.2, 0) is 12.3 Å². The van der Waals surface area contributed by atoms with E-state index < -0.39 is 0 Å². The lowest BCUT2D eigenvalue weighted by Crippen LogP contribution is -2.00. The number of hydrogen-bond donors (Lipinski definition) is 0. The quantitative estimate of drug-likeness (QED) is 0.266. The smallest absolute Gasteiger partial charge is 0.192 e. The highest BCUT2D eigenvalue weighted by Crippen LogP contribution is 2.29. The second-order valence-electron chi connectivity index (χ2n) is 6.87. The summed E-state index contributed by atoms with van der Waals surface area (Å²) in [6, 6.07) is 16.8. The van der Waals surface area contributed by atoms with Crippen LogP contribution in [0.25, 0.3) is 22.0 Å². The van der Waals surface area contributed by atoms with Crippen LogP contribution in [0.5, 0.6) is 0 Å². The fourth-order valence-corrected chi connectivity index (χ4v) is 4.72. The lowest BCUT2D eigenvalue weighted by Gasteiger charge is -2.07. The van der Waals surface area contributed by atoms with Gasteiger partial charge >= 0.3 is 0 Å². The van der Waals surface area contributed by atoms with E-state index in [1.54, 1.807) is 23.1 Å². The first-order chi connectivity index (χ1) is 14.1. The number of rotatable bonds is 7. The van der Waals surface area contributed by atoms with Crippen LogP contribution >= 0.6 is 23.1 Å². The predicted octanol–water partition coefficient (Wildman–Crippen LogP) is 6.16. The topological polar surface area (TPSA) is 43.6 Å². The van der Waals surface area contributed by atoms with E-state index in [0.717, 1.165) is 38.6 Å². The SMILES string of the molecule is C=CCn1c(SCc2csc(-c3ccc(C)cc3)n2)nnc1-c1ccc(C)cc1. The molecule has 0 fully saturated rings. The van der Waals surface area contributed by atoms with E-state index in [9.17, 15) is 0 Å². The van der Waals surface area contributed by atoms with Gasteiger partial charge in [-0.2, -0.15) is 0 Å². The highest BCUT2D eigenvalue weighted by molar-refractivity contribution is 7.98. The molecule has 0 radical (unpaired) electrons. The highest BCUT2D eigenvalue weighted by atomic mass is 32.2. The first kappa shape index (κ1) is 19.6. The summed E-state index contributed by atoms with van der Waals surface area (Å²) in [5, 5.41) is 12.9. The number of nitrogens with zero attached hydrogens (tertiary/aromatic N) is 4. The number of allylic oxidation sites excluding steroid dienone is 1. The van der Waals surface area contributed by atoms with Gasteiger partial charge < -0.3 is 0 Å². The number of thiazole rings is 1. The van der Waals surface area contributed by atoms with Gasteiger partial charge in [-0.05, 0) is 13.8 Å². The molecule has 0 aliphatic carbocycles. The van der Waals surface area contributed by atoms with Crippen molar-refractivity contribution in [1.29, 1.82) is 0 Å². The Morgan fingerprint density at radius 3 is 2.28 bits per heavy atom. The van der Waals surface area contributed by atoms with Crippen LogP contribution in [0, 0.1) is 13.8 Å². The van der Waals surface area contributed by atoms with Crippen molar-refractivity contribution in [2.75, 3.05) is 0 Å². The molecule has 2 aromatic carbocycles. The maximum atomic E-state index is 4.80. The molecule has 0 aliphatic heterocycles. The fourth-order valence-electron chi connectivity index (χ4n) is 2.95. The van der Waals surface area contributed by atoms with Crippen LogP contribution in [0.15, 0.2) is 71.7 Å². The largest absolute Gasteiger partial charge is 0.298 e. The molecule has 4 rings (SSSR count). The summed E-state index contributed by atoms with van der Waals surface area (Å²) < 4.78 is 2.11. The monoisotopic (exact) mass is 418 g/mol. The first-order valence-corrected chi connectivity index (χ1v) is 11.3. The molecule has 0 bridgehead atoms. The Morgan fingerprint density at radius 1 is 0.966 bits per heavy atom. The molecule has 146 valence electrons. The molecule has 0 spiro atoms. The van der Waals surface area contributed by atoms with Crippen molar-refractivity contribution in [2.45, 2.75) is 31.3 Å². The van der Waals surface area contributed by atoms with Gasteiger partial charge in [0.1, 0.15) is 5.01 Å². The zero-order valence-electron chi connectivity index (χ0n) is 16.5. The molecule has 0 aliphatic rings. The van der Waals surface area contributed by atoms with Gasteiger partial charge in [0.2, 0.25) is 0 Å². The molecule has 2 heterocycles. The van der Waals surface area contributed by atoms with Gasteiger partial charge in [-0.3, -0.25) is 4.57 Å². The minimum absolute atomic E-state index is 0.671. The molecule has 0 saturated carbocycles. The standard InChI is InChI=1S/C23H22N4S2/c1-4-13-27-21(18-9-5-16(2)6-10-18)25-26-23(27)29-15-20-14-28-22(24-20)19-11-7-17(3)8-12-19/h4-12,14H,1,13,15H2,2-3H3. The van der Waals surface area contributed by atoms with Crippen molar-refractivity contribution in [3.8, 4) is 22.0 Å². The first-order valence-electron chi connectivity index (χ1n) is 9.39. The van der Waals surface area contributed by atoms with E-state index in [0.29, 0.717) is 6.54 Å². The summed E-state index contributed by atoms with van der Waals surface area (Å²) in [6.07, 6.45) is 1.88. The van der Waals surface area contributed by atoms with E-state index in [-0.39, 0.29) is 0 Å². The summed E-state index contributed by atoms with van der Waals surface area (Å²) in [5.74, 6) is 1.62. The summed E-state index contributed by atoms with van der Waals surface area (Å²) in [7, 11) is 0. The van der Waals surface area contributed by atoms with Crippen molar-refractivity contribution in [2.24, 2.45) is 0 Å². The summed E-state index contributed by atoms with van der Waals surface area (Å²) in [4.78, 5) is 4.80. The number of aromatic nitrogens is 4. The second-order valence-corrected chi connectivity index (χ2v) is 8.67. The summed E-state index contributed by atoms with van der Waals surface area (Å²) in [6.45, 7) is 8.74. The van der Waals surface area contributed by atoms with Crippen LogP contribution in [-0.4, -0.2) is 19.7 Å². The predicted molar refractivity (Wildman–Crippen MR) is 122 cm³/mol. The summed E-state index contributed by atoms with van der Waals surface area (Å²) >= 11 is 3.33. The third kappa shape index (κ3) is 4.49. The molecular formula is C23H22N4S2. The molecule has 6 heteroatoms. The molecule has 0 amide bonds. The van der Waals surface area contributed by atoms with Crippen molar-refractivity contribution in [3.63, 3.8) is 0 Å². The molecule has 0 saturated heterocycles. The van der Waals surface area contributed by atoms with Crippen LogP contribution in [0.1, 0.15) is 16.8 Å². The van der Waals surface area contributed by atoms with Gasteiger partial charge in [0.05, 0.1) is 5.69 Å². The van der Waals surface area contributed by atoms with Crippen molar-refractivity contribution >= 4 is 23.1 Å². The molecule has 4 aromatic rings. The Labute approximate surface area is 179 Å². The van der Waals surface area contributed by atoms with Crippen LogP contribution in [0.2, 0.25) is 0 Å². The van der Waals surface area contributed by atoms with Gasteiger partial charge in [-0.1, -0.05) is 77.5 Å². The molecule has 0 unspecified atom stereocenters. The Bertz CT molecular complexity index is 1110. The van der Waals surface area contributed by atoms with Gasteiger partial charge in [0.15, 0.2) is 11.0 Å². The van der Waals surface area contributed by atoms with Crippen LogP contribution in [0.3, 0.4) is 0 Å². The van der Waals surface area contributed by atoms with Gasteiger partial charge in [0.25, 0.3) is 0 Å². The number of thioether (sulfide) groups is 1. The minimum atomic E-state index is 0.671. The Balaban J connectivity index is 1.52. The van der Waals surface area contributed by atoms with Crippen LogP contribution in [0.4, 0.5) is 0 Å². The zero-order valence-corrected chi connectivity index (χ0v) is 18.1. The van der Waals surface area contributed by atoms with Gasteiger partial charge in [0, 0.05) is 28.8 Å². The van der Waals surface area contributed by atoms with Crippen molar-refractivity contribution in [3.05, 3.63) is 83.4 Å². The number of aryl methyl sites for hydroxylation is 2. The molecule has 2 aromatic heterocycles. The molecule has 29 heavy (non-hydrogen) atoms. The van der Waals surface area contributed by atoms with Crippen LogP contribution < -0.4 is 0 Å². The fraction of sp³-hybridized carbons (Fsp3) is 0.174. The lowest BCUT2D eigenvalue weighted by molar-refractivity contribution is 0.731. The normalized spacial score (nSPS) is 11.0. The molecule has 0 atom stereocenters. The lowest BCUT2D eigenvalue weighted by atomic mass is 10.1. The second kappa shape index (κ2) is 8.76. The molecule has 4 nitrogen and oxygen atoms in total. The van der Waals surface area contributed by atoms with Gasteiger partial charge in [-0.25, -0.2) is 4.98 Å². The third-order valence-electron chi connectivity index (χ3n) is 4.54. The Morgan fingerprint density at radius 2 is 1.62 bits per heavy atom. The van der Waals surface area contributed by atoms with Crippen molar-refractivity contribution < 1.29 is 0 Å². The molecule has 0 N–H and O–H groups in total. The van der Waals surface area contributed by atoms with E-state index in [1.165, 1.54) is 11.1 Å². The van der Waals surface area contributed by atoms with E-state index >= 15 is 0 Å². The van der Waals surface area contributed by atoms with Crippen molar-refractivity contribution in [1.82, 2.24) is 19.7 Å². The highest BCUT2D eigenvalue weighted by Gasteiger charge is 2.14. The molecular weight excluding hydrogens is 396 g/mol. The van der Waals surface area contributed by atoms with E-state index in [2.05, 4.69) is 89.1 Å². The van der Waals surface area contributed by atoms with E-state index in [1.807, 2.05) is 6.08 Å². The third-order valence-corrected chi connectivity index (χ3v) is 6.48. The maximum absolute atomic E-state index is 4.80. The number of benzene rings is 2. The Hall–Kier alpha value is -2.70. The minimum Gasteiger partial charge on any atom is -0.298 e.